The summed E-state index contributed by atoms with van der Waals surface area (Å²) in [5.74, 6) is 1.72. The third-order valence-corrected chi connectivity index (χ3v) is 1.24. The van der Waals surface area contributed by atoms with Crippen LogP contribution in [0.15, 0.2) is 18.2 Å². The molecule has 1 aromatic carbocycles. The fourth-order valence-corrected chi connectivity index (χ4v) is 0.714. The highest BCUT2D eigenvalue weighted by molar-refractivity contribution is 5.76. The van der Waals surface area contributed by atoms with Crippen molar-refractivity contribution in [1.82, 2.24) is 0 Å². The van der Waals surface area contributed by atoms with E-state index in [0.717, 1.165) is 0 Å². The van der Waals surface area contributed by atoms with Gasteiger partial charge in [0.15, 0.2) is 11.5 Å². The number of nitrogens with one attached hydrogen (secondary N) is 1. The Balaban J connectivity index is 3.14. The molecule has 0 bridgehead atoms. The second-order valence-electron chi connectivity index (χ2n) is 2.04. The highest BCUT2D eigenvalue weighted by atomic mass is 16.3. The van der Waals surface area contributed by atoms with Gasteiger partial charge in [0.25, 0.3) is 0 Å². The Bertz CT molecular complexity index is 314. The van der Waals surface area contributed by atoms with Crippen molar-refractivity contribution < 1.29 is 10.2 Å². The summed E-state index contributed by atoms with van der Waals surface area (Å²) in [5, 5.41) is 24.5. The summed E-state index contributed by atoms with van der Waals surface area (Å²) < 4.78 is 0. The lowest BCUT2D eigenvalue weighted by atomic mass is 10.2. The molecule has 3 heteroatoms. The highest BCUT2D eigenvalue weighted by Crippen LogP contribution is 2.24. The minimum atomic E-state index is -0.186. The van der Waals surface area contributed by atoms with Crippen LogP contribution in [0.4, 0.5) is 0 Å². The van der Waals surface area contributed by atoms with Gasteiger partial charge < -0.3 is 10.2 Å². The smallest absolute Gasteiger partial charge is 0.158 e. The Labute approximate surface area is 63.7 Å². The van der Waals surface area contributed by atoms with Gasteiger partial charge in [-0.3, -0.25) is 5.41 Å². The maximum Gasteiger partial charge on any atom is 0.158 e. The van der Waals surface area contributed by atoms with Gasteiger partial charge in [0.05, 0.1) is 0 Å². The average Bonchev–Trinajstić information content (AvgIpc) is 1.98. The van der Waals surface area contributed by atoms with Gasteiger partial charge in [0.2, 0.25) is 0 Å². The maximum atomic E-state index is 8.97. The first-order chi connectivity index (χ1) is 5.24. The summed E-state index contributed by atoms with van der Waals surface area (Å²) in [6, 6.07) is 4.30. The number of benzene rings is 1. The Kier molecular flexibility index (Phi) is 1.95. The molecular weight excluding hydrogens is 142 g/mol. The first kappa shape index (κ1) is 7.38. The molecular formula is C8H7NO2. The number of phenolic OH excluding ortho intramolecular Hbond substituents is 2. The SMILES string of the molecule is N=C=Cc1ccc(O)c(O)c1. The maximum absolute atomic E-state index is 8.97. The quantitative estimate of drug-likeness (QED) is 0.417. The third kappa shape index (κ3) is 1.60. The second-order valence-corrected chi connectivity index (χ2v) is 2.04. The lowest BCUT2D eigenvalue weighted by molar-refractivity contribution is 0.403. The molecule has 0 amide bonds. The molecule has 0 fully saturated rings. The Morgan fingerprint density at radius 1 is 1.27 bits per heavy atom. The summed E-state index contributed by atoms with van der Waals surface area (Å²) in [7, 11) is 0. The average molecular weight is 149 g/mol. The van der Waals surface area contributed by atoms with Gasteiger partial charge in [-0.25, -0.2) is 0 Å². The van der Waals surface area contributed by atoms with Crippen LogP contribution < -0.4 is 0 Å². The predicted octanol–water partition coefficient (Wildman–Crippen LogP) is 1.36. The van der Waals surface area contributed by atoms with Crippen LogP contribution >= 0.6 is 0 Å². The van der Waals surface area contributed by atoms with Crippen LogP contribution in [0.25, 0.3) is 6.08 Å². The molecule has 3 nitrogen and oxygen atoms in total. The number of rotatable bonds is 1. The van der Waals surface area contributed by atoms with Gasteiger partial charge in [-0.05, 0) is 23.6 Å². The van der Waals surface area contributed by atoms with Gasteiger partial charge in [0.1, 0.15) is 0 Å². The summed E-state index contributed by atoms with van der Waals surface area (Å²) in [6.07, 6.45) is 1.39. The van der Waals surface area contributed by atoms with E-state index in [9.17, 15) is 0 Å². The van der Waals surface area contributed by atoms with E-state index in [1.54, 1.807) is 6.07 Å². The monoisotopic (exact) mass is 149 g/mol. The van der Waals surface area contributed by atoms with Crippen LogP contribution in [0.2, 0.25) is 0 Å². The van der Waals surface area contributed by atoms with E-state index >= 15 is 0 Å². The normalized spacial score (nSPS) is 8.73. The van der Waals surface area contributed by atoms with Crippen molar-refractivity contribution in [3.05, 3.63) is 23.8 Å². The highest BCUT2D eigenvalue weighted by Gasteiger charge is 1.96. The number of hydrogen-bond donors (Lipinski definition) is 3. The van der Waals surface area contributed by atoms with Gasteiger partial charge in [0, 0.05) is 6.08 Å². The van der Waals surface area contributed by atoms with E-state index in [1.807, 2.05) is 0 Å². The van der Waals surface area contributed by atoms with Crippen molar-refractivity contribution in [2.75, 3.05) is 0 Å². The molecule has 0 saturated heterocycles. The van der Waals surface area contributed by atoms with Crippen LogP contribution in [0.1, 0.15) is 5.56 Å². The Morgan fingerprint density at radius 2 is 2.00 bits per heavy atom. The molecule has 56 valence electrons. The third-order valence-electron chi connectivity index (χ3n) is 1.24. The lowest BCUT2D eigenvalue weighted by Gasteiger charge is -1.96. The lowest BCUT2D eigenvalue weighted by Crippen LogP contribution is -1.72. The summed E-state index contributed by atoms with van der Waals surface area (Å²) >= 11 is 0. The first-order valence-electron chi connectivity index (χ1n) is 3.01. The summed E-state index contributed by atoms with van der Waals surface area (Å²) in [5.41, 5.74) is 0.635. The Morgan fingerprint density at radius 3 is 2.55 bits per heavy atom. The van der Waals surface area contributed by atoms with Gasteiger partial charge in [-0.1, -0.05) is 6.07 Å². The molecule has 0 aliphatic heterocycles. The molecule has 0 aromatic heterocycles. The topological polar surface area (TPSA) is 64.3 Å². The minimum absolute atomic E-state index is 0.160. The van der Waals surface area contributed by atoms with E-state index in [2.05, 4.69) is 5.87 Å². The largest absolute Gasteiger partial charge is 0.504 e. The zero-order valence-electron chi connectivity index (χ0n) is 5.70. The molecule has 11 heavy (non-hydrogen) atoms. The molecule has 0 heterocycles. The van der Waals surface area contributed by atoms with Crippen molar-refractivity contribution in [1.29, 1.82) is 5.41 Å². The van der Waals surface area contributed by atoms with E-state index in [1.165, 1.54) is 18.2 Å². The van der Waals surface area contributed by atoms with Gasteiger partial charge >= 0.3 is 0 Å². The predicted molar refractivity (Wildman–Crippen MR) is 42.0 cm³/mol. The van der Waals surface area contributed by atoms with Crippen molar-refractivity contribution in [3.8, 4) is 11.5 Å². The van der Waals surface area contributed by atoms with Crippen LogP contribution in [0, 0.1) is 5.41 Å². The molecule has 1 aromatic rings. The fourth-order valence-electron chi connectivity index (χ4n) is 0.714. The molecule has 0 saturated carbocycles. The van der Waals surface area contributed by atoms with Crippen LogP contribution in [0.3, 0.4) is 0 Å². The summed E-state index contributed by atoms with van der Waals surface area (Å²) in [4.78, 5) is 0. The number of aromatic hydroxyl groups is 2. The van der Waals surface area contributed by atoms with Crippen molar-refractivity contribution >= 4 is 11.9 Å². The molecule has 0 unspecified atom stereocenters. The van der Waals surface area contributed by atoms with Gasteiger partial charge in [-0.15, -0.1) is 0 Å². The first-order valence-corrected chi connectivity index (χ1v) is 3.01. The standard InChI is InChI=1S/C8H7NO2/c9-4-3-6-1-2-7(10)8(11)5-6/h1-3,5,9-11H. The second kappa shape index (κ2) is 2.90. The molecule has 0 aliphatic carbocycles. The zero-order valence-corrected chi connectivity index (χ0v) is 5.70. The van der Waals surface area contributed by atoms with Crippen LogP contribution in [-0.2, 0) is 0 Å². The van der Waals surface area contributed by atoms with E-state index in [-0.39, 0.29) is 11.5 Å². The van der Waals surface area contributed by atoms with Crippen molar-refractivity contribution in [2.45, 2.75) is 0 Å². The van der Waals surface area contributed by atoms with Crippen LogP contribution in [0.5, 0.6) is 11.5 Å². The molecule has 0 aliphatic rings. The Hall–Kier alpha value is -1.73. The van der Waals surface area contributed by atoms with E-state index in [4.69, 9.17) is 15.6 Å². The number of phenols is 2. The zero-order chi connectivity index (χ0) is 8.27. The molecule has 1 rings (SSSR count). The molecule has 0 radical (unpaired) electrons. The van der Waals surface area contributed by atoms with Gasteiger partial charge in [-0.2, -0.15) is 0 Å². The molecule has 3 N–H and O–H groups in total. The van der Waals surface area contributed by atoms with Crippen molar-refractivity contribution in [2.24, 2.45) is 0 Å². The summed E-state index contributed by atoms with van der Waals surface area (Å²) in [6.45, 7) is 0. The molecule has 0 atom stereocenters. The fraction of sp³-hybridized carbons (Fsp3) is 0. The minimum Gasteiger partial charge on any atom is -0.504 e. The van der Waals surface area contributed by atoms with Crippen molar-refractivity contribution in [3.63, 3.8) is 0 Å². The number of hydrogen-bond acceptors (Lipinski definition) is 3. The van der Waals surface area contributed by atoms with Crippen LogP contribution in [-0.4, -0.2) is 16.1 Å². The molecule has 0 spiro atoms. The van der Waals surface area contributed by atoms with E-state index in [0.29, 0.717) is 5.56 Å². The van der Waals surface area contributed by atoms with E-state index < -0.39 is 0 Å².